The van der Waals surface area contributed by atoms with Gasteiger partial charge in [0, 0.05) is 5.92 Å². The average molecular weight is 315 g/mol. The van der Waals surface area contributed by atoms with Gasteiger partial charge in [0.15, 0.2) is 0 Å². The highest BCUT2D eigenvalue weighted by molar-refractivity contribution is 7.54. The van der Waals surface area contributed by atoms with Gasteiger partial charge in [-0.2, -0.15) is 0 Å². The Balaban J connectivity index is 5.24. The van der Waals surface area contributed by atoms with Crippen molar-refractivity contribution in [2.75, 3.05) is 5.88 Å². The van der Waals surface area contributed by atoms with Crippen LogP contribution < -0.4 is 0 Å². The van der Waals surface area contributed by atoms with E-state index >= 15 is 0 Å². The molecule has 0 aromatic rings. The standard InChI is InChI=1S/C12H24ClO5P/c1-8(2)12(16-11(14)7-13)19(15,17-9(3)4)18-10(5)6/h8-10,12H,7H2,1-6H3/t12-/m0/s1. The molecule has 7 heteroatoms. The fourth-order valence-electron chi connectivity index (χ4n) is 1.46. The number of alkyl halides is 1. The second kappa shape index (κ2) is 8.25. The van der Waals surface area contributed by atoms with E-state index in [1.807, 2.05) is 0 Å². The number of hydrogen-bond acceptors (Lipinski definition) is 5. The molecule has 0 unspecified atom stereocenters. The van der Waals surface area contributed by atoms with E-state index in [0.717, 1.165) is 0 Å². The van der Waals surface area contributed by atoms with Gasteiger partial charge < -0.3 is 13.8 Å². The molecule has 1 atom stereocenters. The first kappa shape index (κ1) is 18.9. The molecule has 0 saturated heterocycles. The van der Waals surface area contributed by atoms with Gasteiger partial charge in [-0.25, -0.2) is 0 Å². The molecule has 114 valence electrons. The van der Waals surface area contributed by atoms with E-state index in [-0.39, 0.29) is 24.0 Å². The van der Waals surface area contributed by atoms with E-state index in [1.54, 1.807) is 41.5 Å². The minimum absolute atomic E-state index is 0.213. The van der Waals surface area contributed by atoms with Crippen LogP contribution >= 0.6 is 19.2 Å². The van der Waals surface area contributed by atoms with Crippen molar-refractivity contribution in [1.29, 1.82) is 0 Å². The molecular formula is C12H24ClO5P. The predicted molar refractivity (Wildman–Crippen MR) is 75.5 cm³/mol. The predicted octanol–water partition coefficient (Wildman–Crippen LogP) is 3.79. The average Bonchev–Trinajstić information content (AvgIpc) is 2.22. The van der Waals surface area contributed by atoms with Crippen LogP contribution in [0.25, 0.3) is 0 Å². The summed E-state index contributed by atoms with van der Waals surface area (Å²) in [4.78, 5) is 11.4. The number of ether oxygens (including phenoxy) is 1. The second-order valence-electron chi connectivity index (χ2n) is 5.11. The lowest BCUT2D eigenvalue weighted by molar-refractivity contribution is -0.145. The van der Waals surface area contributed by atoms with Crippen molar-refractivity contribution >= 4 is 25.2 Å². The van der Waals surface area contributed by atoms with Crippen molar-refractivity contribution in [3.05, 3.63) is 0 Å². The Morgan fingerprint density at radius 3 is 1.74 bits per heavy atom. The van der Waals surface area contributed by atoms with E-state index in [4.69, 9.17) is 25.4 Å². The molecule has 19 heavy (non-hydrogen) atoms. The summed E-state index contributed by atoms with van der Waals surface area (Å²) in [6.07, 6.45) is -0.610. The lowest BCUT2D eigenvalue weighted by Crippen LogP contribution is -2.28. The Morgan fingerprint density at radius 2 is 1.47 bits per heavy atom. The summed E-state index contributed by atoms with van der Waals surface area (Å²) in [7, 11) is -3.57. The largest absolute Gasteiger partial charge is 0.448 e. The molecular weight excluding hydrogens is 291 g/mol. The monoisotopic (exact) mass is 314 g/mol. The summed E-state index contributed by atoms with van der Waals surface area (Å²) in [5.74, 6) is -2.11. The van der Waals surface area contributed by atoms with Gasteiger partial charge in [0.1, 0.15) is 5.88 Å². The molecule has 5 nitrogen and oxygen atoms in total. The molecule has 0 saturated carbocycles. The number of rotatable bonds is 8. The van der Waals surface area contributed by atoms with Crippen molar-refractivity contribution in [2.45, 2.75) is 59.6 Å². The summed E-state index contributed by atoms with van der Waals surface area (Å²) in [5, 5.41) is 0. The van der Waals surface area contributed by atoms with Crippen molar-refractivity contribution in [3.63, 3.8) is 0 Å². The Bertz CT molecular complexity index is 316. The SMILES string of the molecule is CC(C)OP(=O)(OC(C)C)[C@H](OC(=O)CCl)C(C)C. The van der Waals surface area contributed by atoms with Crippen molar-refractivity contribution in [3.8, 4) is 0 Å². The van der Waals surface area contributed by atoms with Gasteiger partial charge in [-0.1, -0.05) is 13.8 Å². The van der Waals surface area contributed by atoms with Crippen LogP contribution in [0.4, 0.5) is 0 Å². The third-order valence-corrected chi connectivity index (χ3v) is 4.93. The van der Waals surface area contributed by atoms with E-state index in [2.05, 4.69) is 0 Å². The first-order valence-electron chi connectivity index (χ1n) is 6.34. The van der Waals surface area contributed by atoms with Gasteiger partial charge in [-0.3, -0.25) is 9.36 Å². The first-order valence-corrected chi connectivity index (χ1v) is 8.49. The summed E-state index contributed by atoms with van der Waals surface area (Å²) in [5.41, 5.74) is 0. The van der Waals surface area contributed by atoms with Crippen LogP contribution in [-0.4, -0.2) is 29.9 Å². The van der Waals surface area contributed by atoms with Gasteiger partial charge in [0.25, 0.3) is 0 Å². The fourth-order valence-corrected chi connectivity index (χ4v) is 3.97. The Kier molecular flexibility index (Phi) is 8.21. The summed E-state index contributed by atoms with van der Waals surface area (Å²) < 4.78 is 28.9. The minimum Gasteiger partial charge on any atom is -0.448 e. The normalized spacial score (nSPS) is 14.2. The third-order valence-electron chi connectivity index (χ3n) is 1.96. The van der Waals surface area contributed by atoms with Gasteiger partial charge in [0.2, 0.25) is 5.85 Å². The Labute approximate surface area is 120 Å². The highest BCUT2D eigenvalue weighted by atomic mass is 35.5. The van der Waals surface area contributed by atoms with Crippen LogP contribution in [0.3, 0.4) is 0 Å². The van der Waals surface area contributed by atoms with E-state index < -0.39 is 19.4 Å². The van der Waals surface area contributed by atoms with Crippen LogP contribution in [0, 0.1) is 5.92 Å². The molecule has 0 spiro atoms. The van der Waals surface area contributed by atoms with Crippen molar-refractivity contribution in [1.82, 2.24) is 0 Å². The van der Waals surface area contributed by atoms with Crippen LogP contribution in [0.5, 0.6) is 0 Å². The topological polar surface area (TPSA) is 61.8 Å². The maximum Gasteiger partial charge on any atom is 0.371 e. The molecule has 0 rings (SSSR count). The summed E-state index contributed by atoms with van der Waals surface area (Å²) >= 11 is 5.42. The molecule has 0 aliphatic rings. The zero-order valence-electron chi connectivity index (χ0n) is 12.4. The highest BCUT2D eigenvalue weighted by Crippen LogP contribution is 2.57. The van der Waals surface area contributed by atoms with E-state index in [9.17, 15) is 9.36 Å². The summed E-state index contributed by atoms with van der Waals surface area (Å²) in [6.45, 7) is 10.6. The first-order chi connectivity index (χ1) is 8.62. The zero-order chi connectivity index (χ0) is 15.2. The maximum absolute atomic E-state index is 12.9. The highest BCUT2D eigenvalue weighted by Gasteiger charge is 2.42. The number of esters is 1. The van der Waals surface area contributed by atoms with Crippen molar-refractivity contribution < 1.29 is 23.1 Å². The minimum atomic E-state index is -3.57. The number of halogens is 1. The Morgan fingerprint density at radius 1 is 1.05 bits per heavy atom. The molecule has 0 radical (unpaired) electrons. The van der Waals surface area contributed by atoms with Crippen LogP contribution in [0.15, 0.2) is 0 Å². The van der Waals surface area contributed by atoms with Gasteiger partial charge >= 0.3 is 13.6 Å². The molecule has 0 aromatic heterocycles. The van der Waals surface area contributed by atoms with E-state index in [1.165, 1.54) is 0 Å². The molecule has 0 amide bonds. The Hall–Kier alpha value is -0.0900. The second-order valence-corrected chi connectivity index (χ2v) is 7.38. The molecule has 0 bridgehead atoms. The van der Waals surface area contributed by atoms with Gasteiger partial charge in [-0.05, 0) is 27.7 Å². The lowest BCUT2D eigenvalue weighted by Gasteiger charge is -2.31. The van der Waals surface area contributed by atoms with Gasteiger partial charge in [0.05, 0.1) is 12.2 Å². The van der Waals surface area contributed by atoms with Crippen LogP contribution in [0.1, 0.15) is 41.5 Å². The molecule has 0 N–H and O–H groups in total. The van der Waals surface area contributed by atoms with E-state index in [0.29, 0.717) is 0 Å². The molecule has 0 aromatic carbocycles. The van der Waals surface area contributed by atoms with Gasteiger partial charge in [-0.15, -0.1) is 11.6 Å². The smallest absolute Gasteiger partial charge is 0.371 e. The van der Waals surface area contributed by atoms with Crippen molar-refractivity contribution in [2.24, 2.45) is 5.92 Å². The summed E-state index contributed by atoms with van der Waals surface area (Å²) in [6, 6.07) is 0. The van der Waals surface area contributed by atoms with Crippen LogP contribution in [0.2, 0.25) is 0 Å². The zero-order valence-corrected chi connectivity index (χ0v) is 14.0. The fraction of sp³-hybridized carbons (Fsp3) is 0.917. The number of carbonyl (C=O) groups excluding carboxylic acids is 1. The third kappa shape index (κ3) is 6.75. The molecule has 0 heterocycles. The number of carbonyl (C=O) groups is 1. The van der Waals surface area contributed by atoms with Crippen LogP contribution in [-0.2, 0) is 23.1 Å². The molecule has 0 fully saturated rings. The molecule has 0 aliphatic heterocycles. The molecule has 0 aliphatic carbocycles. The maximum atomic E-state index is 12.9. The lowest BCUT2D eigenvalue weighted by atomic mass is 10.2. The quantitative estimate of drug-likeness (QED) is 0.387. The number of hydrogen-bond donors (Lipinski definition) is 0.